The summed E-state index contributed by atoms with van der Waals surface area (Å²) < 4.78 is 29.1. The van der Waals surface area contributed by atoms with Crippen LogP contribution in [0.4, 0.5) is 8.78 Å². The topological polar surface area (TPSA) is 90.8 Å². The lowest BCUT2D eigenvalue weighted by Gasteiger charge is -2.37. The molecule has 0 bridgehead atoms. The van der Waals surface area contributed by atoms with Gasteiger partial charge in [-0.3, -0.25) is 18.8 Å². The van der Waals surface area contributed by atoms with Crippen LogP contribution in [0.25, 0.3) is 16.9 Å². The van der Waals surface area contributed by atoms with Crippen LogP contribution >= 0.6 is 0 Å². The Hall–Kier alpha value is -3.56. The van der Waals surface area contributed by atoms with E-state index in [0.29, 0.717) is 16.8 Å². The fourth-order valence-corrected chi connectivity index (χ4v) is 5.19. The highest BCUT2D eigenvalue weighted by Crippen LogP contribution is 2.35. The molecule has 190 valence electrons. The molecule has 1 saturated heterocycles. The maximum absolute atomic E-state index is 15.1. The molecule has 3 aromatic rings. The number of likely N-dealkylation sites (tertiary alicyclic amines) is 1. The number of H-pyrrole nitrogens is 1. The zero-order valence-electron chi connectivity index (χ0n) is 20.4. The molecule has 10 heteroatoms. The van der Waals surface area contributed by atoms with Gasteiger partial charge in [0.1, 0.15) is 11.4 Å². The number of carbonyl (C=O) groups is 2. The van der Waals surface area contributed by atoms with E-state index < -0.39 is 24.0 Å². The monoisotopic (exact) mass is 497 g/mol. The van der Waals surface area contributed by atoms with Crippen LogP contribution < -0.4 is 5.56 Å². The van der Waals surface area contributed by atoms with Gasteiger partial charge in [0.2, 0.25) is 0 Å². The van der Waals surface area contributed by atoms with E-state index in [0.717, 1.165) is 30.2 Å². The van der Waals surface area contributed by atoms with E-state index in [2.05, 4.69) is 10.1 Å². The molecule has 2 amide bonds. The highest BCUT2D eigenvalue weighted by Gasteiger charge is 2.36. The third kappa shape index (κ3) is 4.18. The molecule has 1 saturated carbocycles. The highest BCUT2D eigenvalue weighted by atomic mass is 19.1. The highest BCUT2D eigenvalue weighted by molar-refractivity contribution is 6.10. The van der Waals surface area contributed by atoms with Crippen LogP contribution in [-0.2, 0) is 0 Å². The lowest BCUT2D eigenvalue weighted by Crippen LogP contribution is -2.51. The molecule has 0 radical (unpaired) electrons. The van der Waals surface area contributed by atoms with E-state index in [9.17, 15) is 18.8 Å². The Morgan fingerprint density at radius 3 is 2.50 bits per heavy atom. The third-order valence-electron chi connectivity index (χ3n) is 7.26. The normalized spacial score (nSPS) is 16.8. The van der Waals surface area contributed by atoms with E-state index in [1.807, 2.05) is 0 Å². The molecule has 1 N–H and O–H groups in total. The van der Waals surface area contributed by atoms with Crippen LogP contribution in [0.1, 0.15) is 64.4 Å². The number of carbonyl (C=O) groups excluding carboxylic acids is 2. The second-order valence-corrected chi connectivity index (χ2v) is 10.0. The summed E-state index contributed by atoms with van der Waals surface area (Å²) in [4.78, 5) is 44.9. The summed E-state index contributed by atoms with van der Waals surface area (Å²) in [5.41, 5.74) is 0.710. The maximum atomic E-state index is 15.1. The van der Waals surface area contributed by atoms with E-state index in [1.54, 1.807) is 12.1 Å². The zero-order chi connectivity index (χ0) is 25.6. The molecular formula is C26H29F2N5O3. The van der Waals surface area contributed by atoms with E-state index in [4.69, 9.17) is 0 Å². The molecule has 1 aromatic carbocycles. The smallest absolute Gasteiger partial charge is 0.274 e. The van der Waals surface area contributed by atoms with Gasteiger partial charge in [0, 0.05) is 44.7 Å². The van der Waals surface area contributed by atoms with Crippen molar-refractivity contribution >= 4 is 17.5 Å². The number of benzene rings is 1. The Kier molecular flexibility index (Phi) is 6.36. The first kappa shape index (κ1) is 24.1. The van der Waals surface area contributed by atoms with Crippen LogP contribution in [0.2, 0.25) is 0 Å². The minimum absolute atomic E-state index is 0.0492. The molecule has 5 rings (SSSR count). The number of amides is 2. The van der Waals surface area contributed by atoms with Crippen molar-refractivity contribution in [1.82, 2.24) is 24.4 Å². The van der Waals surface area contributed by atoms with Crippen molar-refractivity contribution in [2.24, 2.45) is 5.92 Å². The summed E-state index contributed by atoms with van der Waals surface area (Å²) in [5, 5.41) is 4.15. The standard InChI is InChI=1S/C26H29F2N5O3/c1-31(2)26(36)23-22(25(35)32-13-15(12-27)14-32)24-29-20(11-21(34)33(24)30-23)17-8-9-18(19(28)10-17)16-6-4-3-5-7-16/h8-11,15-16,29H,3-7,12-14H2,1-2H3. The predicted octanol–water partition coefficient (Wildman–Crippen LogP) is 3.62. The van der Waals surface area contributed by atoms with Gasteiger partial charge in [-0.05, 0) is 30.4 Å². The van der Waals surface area contributed by atoms with Crippen molar-refractivity contribution in [2.75, 3.05) is 33.9 Å². The number of fused-ring (bicyclic) bond motifs is 1. The summed E-state index contributed by atoms with van der Waals surface area (Å²) in [5.74, 6) is -1.43. The summed E-state index contributed by atoms with van der Waals surface area (Å²) in [6.45, 7) is -0.0918. The van der Waals surface area contributed by atoms with Gasteiger partial charge in [0.15, 0.2) is 11.3 Å². The molecule has 0 spiro atoms. The molecule has 2 aliphatic rings. The number of nitrogens with zero attached hydrogens (tertiary/aromatic N) is 4. The number of hydrogen-bond acceptors (Lipinski definition) is 4. The third-order valence-corrected chi connectivity index (χ3v) is 7.26. The number of halogens is 2. The summed E-state index contributed by atoms with van der Waals surface area (Å²) >= 11 is 0. The summed E-state index contributed by atoms with van der Waals surface area (Å²) in [6.07, 6.45) is 5.27. The molecule has 8 nitrogen and oxygen atoms in total. The number of rotatable bonds is 5. The second-order valence-electron chi connectivity index (χ2n) is 10.0. The fraction of sp³-hybridized carbons (Fsp3) is 0.462. The number of aromatic amines is 1. The van der Waals surface area contributed by atoms with Gasteiger partial charge >= 0.3 is 0 Å². The first-order valence-corrected chi connectivity index (χ1v) is 12.3. The average molecular weight is 498 g/mol. The number of alkyl halides is 1. The Bertz CT molecular complexity index is 1380. The van der Waals surface area contributed by atoms with Gasteiger partial charge in [0.25, 0.3) is 17.4 Å². The Morgan fingerprint density at radius 1 is 1.14 bits per heavy atom. The average Bonchev–Trinajstić information content (AvgIpc) is 3.23. The Labute approximate surface area is 206 Å². The summed E-state index contributed by atoms with van der Waals surface area (Å²) in [6, 6.07) is 6.20. The SMILES string of the molecule is CN(C)C(=O)c1nn2c(=O)cc(-c3ccc(C4CCCCC4)c(F)c3)[nH]c2c1C(=O)N1CC(CF)C1. The number of aromatic nitrogens is 3. The molecule has 2 fully saturated rings. The molecule has 0 unspecified atom stereocenters. The second kappa shape index (κ2) is 9.48. The molecule has 0 atom stereocenters. The summed E-state index contributed by atoms with van der Waals surface area (Å²) in [7, 11) is 3.04. The van der Waals surface area contributed by atoms with Crippen LogP contribution in [0.3, 0.4) is 0 Å². The minimum atomic E-state index is -0.562. The fourth-order valence-electron chi connectivity index (χ4n) is 5.19. The minimum Gasteiger partial charge on any atom is -0.343 e. The number of nitrogens with one attached hydrogen (secondary N) is 1. The molecule has 1 aliphatic heterocycles. The van der Waals surface area contributed by atoms with Crippen molar-refractivity contribution in [3.63, 3.8) is 0 Å². The van der Waals surface area contributed by atoms with Crippen molar-refractivity contribution in [2.45, 2.75) is 38.0 Å². The van der Waals surface area contributed by atoms with E-state index in [-0.39, 0.29) is 47.6 Å². The lowest BCUT2D eigenvalue weighted by atomic mass is 9.83. The van der Waals surface area contributed by atoms with Crippen LogP contribution in [0, 0.1) is 11.7 Å². The largest absolute Gasteiger partial charge is 0.343 e. The van der Waals surface area contributed by atoms with E-state index in [1.165, 1.54) is 42.4 Å². The van der Waals surface area contributed by atoms with Crippen molar-refractivity contribution in [3.8, 4) is 11.3 Å². The molecule has 1 aliphatic carbocycles. The molecular weight excluding hydrogens is 468 g/mol. The Balaban J connectivity index is 1.59. The van der Waals surface area contributed by atoms with Gasteiger partial charge in [-0.15, -0.1) is 0 Å². The van der Waals surface area contributed by atoms with Gasteiger partial charge in [-0.2, -0.15) is 9.61 Å². The quantitative estimate of drug-likeness (QED) is 0.583. The van der Waals surface area contributed by atoms with Gasteiger partial charge in [-0.1, -0.05) is 31.4 Å². The molecule has 36 heavy (non-hydrogen) atoms. The predicted molar refractivity (Wildman–Crippen MR) is 130 cm³/mol. The van der Waals surface area contributed by atoms with Crippen LogP contribution in [0.5, 0.6) is 0 Å². The Morgan fingerprint density at radius 2 is 1.86 bits per heavy atom. The first-order chi connectivity index (χ1) is 17.3. The number of hydrogen-bond donors (Lipinski definition) is 1. The van der Waals surface area contributed by atoms with Gasteiger partial charge in [0.05, 0.1) is 12.4 Å². The van der Waals surface area contributed by atoms with E-state index >= 15 is 4.39 Å². The van der Waals surface area contributed by atoms with Crippen molar-refractivity contribution in [1.29, 1.82) is 0 Å². The zero-order valence-corrected chi connectivity index (χ0v) is 20.4. The van der Waals surface area contributed by atoms with Crippen LogP contribution in [-0.4, -0.2) is 70.1 Å². The maximum Gasteiger partial charge on any atom is 0.274 e. The molecule has 2 aromatic heterocycles. The van der Waals surface area contributed by atoms with Crippen molar-refractivity contribution in [3.05, 3.63) is 57.3 Å². The van der Waals surface area contributed by atoms with Crippen LogP contribution in [0.15, 0.2) is 29.1 Å². The van der Waals surface area contributed by atoms with Crippen molar-refractivity contribution < 1.29 is 18.4 Å². The van der Waals surface area contributed by atoms with Gasteiger partial charge < -0.3 is 14.8 Å². The lowest BCUT2D eigenvalue weighted by molar-refractivity contribution is 0.0450. The molecule has 3 heterocycles. The van der Waals surface area contributed by atoms with Gasteiger partial charge in [-0.25, -0.2) is 4.39 Å². The first-order valence-electron chi connectivity index (χ1n) is 12.3.